The molecule has 0 spiro atoms. The number of carbonyl (C=O) groups excluding carboxylic acids is 1. The smallest absolute Gasteiger partial charge is 0.333 e. The Morgan fingerprint density at radius 1 is 1.43 bits per heavy atom. The first kappa shape index (κ1) is 10.4. The van der Waals surface area contributed by atoms with Crippen LogP contribution in [0.2, 0.25) is 0 Å². The van der Waals surface area contributed by atoms with E-state index in [4.69, 9.17) is 0 Å². The summed E-state index contributed by atoms with van der Waals surface area (Å²) in [7, 11) is 0. The second-order valence-corrected chi connectivity index (χ2v) is 2.61. The van der Waals surface area contributed by atoms with Crippen molar-refractivity contribution < 1.29 is 13.9 Å². The predicted molar refractivity (Wildman–Crippen MR) is 52.2 cm³/mol. The minimum atomic E-state index is -0.658. The van der Waals surface area contributed by atoms with Crippen molar-refractivity contribution in [2.45, 2.75) is 6.92 Å². The second-order valence-electron chi connectivity index (χ2n) is 2.61. The van der Waals surface area contributed by atoms with Crippen LogP contribution >= 0.6 is 0 Å². The summed E-state index contributed by atoms with van der Waals surface area (Å²) >= 11 is 0. The van der Waals surface area contributed by atoms with E-state index in [2.05, 4.69) is 4.74 Å². The lowest BCUT2D eigenvalue weighted by molar-refractivity contribution is -0.137. The molecule has 74 valence electrons. The molecule has 0 saturated heterocycles. The highest BCUT2D eigenvalue weighted by Crippen LogP contribution is 2.14. The first-order chi connectivity index (χ1) is 6.74. The Labute approximate surface area is 82.0 Å². The van der Waals surface area contributed by atoms with Crippen LogP contribution in [0.1, 0.15) is 12.5 Å². The number of rotatable bonds is 3. The summed E-state index contributed by atoms with van der Waals surface area (Å²) in [4.78, 5) is 10.9. The van der Waals surface area contributed by atoms with Gasteiger partial charge in [-0.15, -0.1) is 0 Å². The lowest BCUT2D eigenvalue weighted by Crippen LogP contribution is -1.99. The average molecular weight is 193 g/mol. The topological polar surface area (TPSA) is 26.3 Å². The molecular formula is C11H11FO2. The number of hydrogen-bond donors (Lipinski definition) is 0. The normalized spacial score (nSPS) is 11.1. The van der Waals surface area contributed by atoms with Crippen molar-refractivity contribution in [1.82, 2.24) is 0 Å². The van der Waals surface area contributed by atoms with Gasteiger partial charge in [-0.05, 0) is 6.92 Å². The van der Waals surface area contributed by atoms with Crippen molar-refractivity contribution in [1.29, 1.82) is 0 Å². The van der Waals surface area contributed by atoms with Crippen molar-refractivity contribution in [2.24, 2.45) is 0 Å². The molecule has 0 N–H and O–H groups in total. The molecule has 1 rings (SSSR count). The van der Waals surface area contributed by atoms with Gasteiger partial charge in [0, 0.05) is 5.56 Å². The molecule has 0 aliphatic heterocycles. The number of halogens is 1. The van der Waals surface area contributed by atoms with Crippen molar-refractivity contribution in [3.63, 3.8) is 0 Å². The number of ether oxygens (including phenoxy) is 1. The predicted octanol–water partition coefficient (Wildman–Crippen LogP) is 2.56. The molecule has 1 aromatic carbocycles. The Bertz CT molecular complexity index is 330. The summed E-state index contributed by atoms with van der Waals surface area (Å²) in [6.07, 6.45) is 0.846. The monoisotopic (exact) mass is 193 g/mol. The van der Waals surface area contributed by atoms with Gasteiger partial charge in [0.25, 0.3) is 0 Å². The second kappa shape index (κ2) is 5.17. The molecule has 3 heteroatoms. The molecule has 0 bridgehead atoms. The molecule has 0 atom stereocenters. The van der Waals surface area contributed by atoms with E-state index in [1.54, 1.807) is 37.3 Å². The lowest BCUT2D eigenvalue weighted by Gasteiger charge is -1.97. The maximum atomic E-state index is 13.3. The molecule has 2 nitrogen and oxygen atoms in total. The van der Waals surface area contributed by atoms with E-state index in [0.717, 1.165) is 6.08 Å². The maximum absolute atomic E-state index is 13.3. The lowest BCUT2D eigenvalue weighted by atomic mass is 10.2. The van der Waals surface area contributed by atoms with Crippen LogP contribution < -0.4 is 0 Å². The quantitative estimate of drug-likeness (QED) is 0.544. The fourth-order valence-electron chi connectivity index (χ4n) is 0.968. The highest BCUT2D eigenvalue weighted by atomic mass is 18.2. The molecular weight excluding hydrogens is 182 g/mol. The summed E-state index contributed by atoms with van der Waals surface area (Å²) in [5.41, 5.74) is 0.376. The van der Waals surface area contributed by atoms with Crippen LogP contribution in [0.25, 0.3) is 5.83 Å². The molecule has 0 amide bonds. The third-order valence-corrected chi connectivity index (χ3v) is 1.58. The Hall–Kier alpha value is -1.64. The zero-order valence-electron chi connectivity index (χ0n) is 7.87. The van der Waals surface area contributed by atoms with Crippen LogP contribution in [0.15, 0.2) is 36.4 Å². The van der Waals surface area contributed by atoms with Gasteiger partial charge in [0.1, 0.15) is 5.83 Å². The molecule has 0 heterocycles. The SMILES string of the molecule is CCOC(=O)/C=C(\[18F])c1ccccc1. The van der Waals surface area contributed by atoms with E-state index in [-0.39, 0.29) is 6.61 Å². The molecule has 0 fully saturated rings. The van der Waals surface area contributed by atoms with Gasteiger partial charge in [-0.25, -0.2) is 9.18 Å². The third-order valence-electron chi connectivity index (χ3n) is 1.58. The van der Waals surface area contributed by atoms with Gasteiger partial charge in [0.15, 0.2) is 0 Å². The molecule has 0 aliphatic carbocycles. The van der Waals surface area contributed by atoms with E-state index in [0.29, 0.717) is 5.56 Å². The number of benzene rings is 1. The van der Waals surface area contributed by atoms with Gasteiger partial charge in [-0.2, -0.15) is 0 Å². The van der Waals surface area contributed by atoms with Gasteiger partial charge in [-0.3, -0.25) is 0 Å². The maximum Gasteiger partial charge on any atom is 0.333 e. The average Bonchev–Trinajstić information content (AvgIpc) is 2.19. The van der Waals surface area contributed by atoms with Gasteiger partial charge < -0.3 is 4.74 Å². The molecule has 14 heavy (non-hydrogen) atoms. The van der Waals surface area contributed by atoms with Crippen LogP contribution in [0.3, 0.4) is 0 Å². The van der Waals surface area contributed by atoms with E-state index >= 15 is 0 Å². The van der Waals surface area contributed by atoms with Gasteiger partial charge in [0.05, 0.1) is 12.7 Å². The van der Waals surface area contributed by atoms with Crippen LogP contribution in [-0.4, -0.2) is 12.6 Å². The fourth-order valence-corrected chi connectivity index (χ4v) is 0.968. The van der Waals surface area contributed by atoms with Crippen molar-refractivity contribution in [3.05, 3.63) is 42.0 Å². The summed E-state index contributed by atoms with van der Waals surface area (Å²) in [5, 5.41) is 0. The third kappa shape index (κ3) is 3.01. The molecule has 0 radical (unpaired) electrons. The summed E-state index contributed by atoms with van der Waals surface area (Å²) < 4.78 is 17.8. The number of carbonyl (C=O) groups is 1. The van der Waals surface area contributed by atoms with Crippen LogP contribution in [0.4, 0.5) is 4.39 Å². The van der Waals surface area contributed by atoms with Crippen LogP contribution in [-0.2, 0) is 9.53 Å². The Morgan fingerprint density at radius 2 is 2.07 bits per heavy atom. The van der Waals surface area contributed by atoms with Gasteiger partial charge in [-0.1, -0.05) is 30.3 Å². The Kier molecular flexibility index (Phi) is 3.85. The summed E-state index contributed by atoms with van der Waals surface area (Å²) in [6.45, 7) is 1.92. The summed E-state index contributed by atoms with van der Waals surface area (Å²) in [5.74, 6) is -1.24. The zero-order valence-corrected chi connectivity index (χ0v) is 7.87. The van der Waals surface area contributed by atoms with Crippen molar-refractivity contribution in [3.8, 4) is 0 Å². The van der Waals surface area contributed by atoms with Crippen molar-refractivity contribution in [2.75, 3.05) is 6.61 Å². The zero-order chi connectivity index (χ0) is 10.4. The van der Waals surface area contributed by atoms with Gasteiger partial charge in [0.2, 0.25) is 0 Å². The summed E-state index contributed by atoms with van der Waals surface area (Å²) in [6, 6.07) is 8.36. The minimum absolute atomic E-state index is 0.247. The molecule has 0 saturated carbocycles. The van der Waals surface area contributed by atoms with E-state index in [9.17, 15) is 9.18 Å². The number of esters is 1. The van der Waals surface area contributed by atoms with Crippen LogP contribution in [0.5, 0.6) is 0 Å². The van der Waals surface area contributed by atoms with E-state index < -0.39 is 11.8 Å². The first-order valence-electron chi connectivity index (χ1n) is 4.33. The molecule has 0 aromatic heterocycles. The Balaban J connectivity index is 2.75. The largest absolute Gasteiger partial charge is 0.463 e. The minimum Gasteiger partial charge on any atom is -0.463 e. The molecule has 0 unspecified atom stereocenters. The number of hydrogen-bond acceptors (Lipinski definition) is 2. The first-order valence-corrected chi connectivity index (χ1v) is 4.33. The highest BCUT2D eigenvalue weighted by Gasteiger charge is 2.03. The fraction of sp³-hybridized carbons (Fsp3) is 0.182. The molecule has 0 aliphatic rings. The van der Waals surface area contributed by atoms with Gasteiger partial charge >= 0.3 is 5.97 Å². The van der Waals surface area contributed by atoms with Crippen LogP contribution in [0, 0.1) is 0 Å². The van der Waals surface area contributed by atoms with E-state index in [1.165, 1.54) is 0 Å². The highest BCUT2D eigenvalue weighted by molar-refractivity contribution is 5.89. The van der Waals surface area contributed by atoms with Crippen molar-refractivity contribution >= 4 is 11.8 Å². The standard InChI is InChI=1S/C11H11FO2/c1-2-14-11(13)8-10(12)9-6-4-3-5-7-9/h3-8H,2H2,1H3/b10-8-/i12-1. The Morgan fingerprint density at radius 3 is 2.64 bits per heavy atom. The van der Waals surface area contributed by atoms with E-state index in [1.807, 2.05) is 0 Å². The molecule has 1 aromatic rings.